The van der Waals surface area contributed by atoms with Crippen LogP contribution in [0.3, 0.4) is 0 Å². The van der Waals surface area contributed by atoms with E-state index < -0.39 is 0 Å². The summed E-state index contributed by atoms with van der Waals surface area (Å²) in [4.78, 5) is 11.8. The number of anilines is 2. The first-order valence-corrected chi connectivity index (χ1v) is 5.91. The zero-order valence-electron chi connectivity index (χ0n) is 9.69. The summed E-state index contributed by atoms with van der Waals surface area (Å²) in [7, 11) is 0. The highest BCUT2D eigenvalue weighted by Gasteiger charge is 2.04. The Kier molecular flexibility index (Phi) is 3.85. The van der Waals surface area contributed by atoms with E-state index in [0.717, 1.165) is 5.56 Å². The molecule has 3 nitrogen and oxygen atoms in total. The number of carbonyl (C=O) groups is 1. The summed E-state index contributed by atoms with van der Waals surface area (Å²) < 4.78 is 0. The quantitative estimate of drug-likeness (QED) is 0.833. The smallest absolute Gasteiger partial charge is 0.228 e. The molecule has 0 aliphatic heterocycles. The number of carbonyl (C=O) groups excluding carboxylic acids is 1. The highest BCUT2D eigenvalue weighted by Crippen LogP contribution is 2.13. The first-order valence-electron chi connectivity index (χ1n) is 5.53. The normalized spacial score (nSPS) is 10.1. The fourth-order valence-corrected chi connectivity index (χ4v) is 1.74. The second-order valence-corrected chi connectivity index (χ2v) is 4.41. The monoisotopic (exact) mass is 260 g/mol. The Hall–Kier alpha value is -2.00. The minimum atomic E-state index is -0.0806. The number of amides is 1. The van der Waals surface area contributed by atoms with E-state index in [1.54, 1.807) is 36.4 Å². The number of nitrogen functional groups attached to an aromatic ring is 1. The van der Waals surface area contributed by atoms with E-state index in [2.05, 4.69) is 5.32 Å². The number of hydrogen-bond donors (Lipinski definition) is 2. The van der Waals surface area contributed by atoms with Crippen molar-refractivity contribution < 1.29 is 4.79 Å². The Bertz CT molecular complexity index is 552. The number of hydrogen-bond acceptors (Lipinski definition) is 2. The van der Waals surface area contributed by atoms with E-state index in [1.165, 1.54) is 0 Å². The van der Waals surface area contributed by atoms with E-state index in [1.807, 2.05) is 12.1 Å². The van der Waals surface area contributed by atoms with Crippen molar-refractivity contribution in [1.82, 2.24) is 0 Å². The molecule has 0 bridgehead atoms. The highest BCUT2D eigenvalue weighted by molar-refractivity contribution is 6.30. The van der Waals surface area contributed by atoms with Crippen LogP contribution < -0.4 is 11.1 Å². The van der Waals surface area contributed by atoms with Gasteiger partial charge in [-0.05, 0) is 35.9 Å². The Balaban J connectivity index is 1.98. The van der Waals surface area contributed by atoms with Gasteiger partial charge in [-0.2, -0.15) is 0 Å². The molecule has 18 heavy (non-hydrogen) atoms. The Labute approximate surface area is 111 Å². The van der Waals surface area contributed by atoms with Gasteiger partial charge in [0.05, 0.1) is 6.42 Å². The number of benzene rings is 2. The number of rotatable bonds is 3. The summed E-state index contributed by atoms with van der Waals surface area (Å²) in [5, 5.41) is 3.46. The van der Waals surface area contributed by atoms with Gasteiger partial charge in [-0.1, -0.05) is 29.8 Å². The van der Waals surface area contributed by atoms with Crippen molar-refractivity contribution in [2.45, 2.75) is 6.42 Å². The molecule has 0 aliphatic rings. The third-order valence-electron chi connectivity index (χ3n) is 2.45. The predicted molar refractivity (Wildman–Crippen MR) is 74.6 cm³/mol. The summed E-state index contributed by atoms with van der Waals surface area (Å²) >= 11 is 5.78. The molecule has 0 saturated carbocycles. The average molecular weight is 261 g/mol. The van der Waals surface area contributed by atoms with Crippen LogP contribution in [0.4, 0.5) is 11.4 Å². The van der Waals surface area contributed by atoms with Crippen LogP contribution in [0.25, 0.3) is 0 Å². The standard InChI is InChI=1S/C14H13ClN2O/c15-11-6-4-10(5-7-11)8-14(18)17-13-3-1-2-12(16)9-13/h1-7,9H,8,16H2,(H,17,18). The molecular formula is C14H13ClN2O. The molecule has 0 aliphatic carbocycles. The molecule has 4 heteroatoms. The Morgan fingerprint density at radius 1 is 1.17 bits per heavy atom. The van der Waals surface area contributed by atoms with Crippen molar-refractivity contribution in [1.29, 1.82) is 0 Å². The van der Waals surface area contributed by atoms with E-state index >= 15 is 0 Å². The second-order valence-electron chi connectivity index (χ2n) is 3.98. The molecule has 0 aromatic heterocycles. The zero-order chi connectivity index (χ0) is 13.0. The maximum Gasteiger partial charge on any atom is 0.228 e. The highest BCUT2D eigenvalue weighted by atomic mass is 35.5. The van der Waals surface area contributed by atoms with Crippen molar-refractivity contribution in [2.75, 3.05) is 11.1 Å². The van der Waals surface area contributed by atoms with Gasteiger partial charge in [0.1, 0.15) is 0 Å². The summed E-state index contributed by atoms with van der Waals surface area (Å²) in [6, 6.07) is 14.3. The van der Waals surface area contributed by atoms with Crippen LogP contribution in [0.5, 0.6) is 0 Å². The van der Waals surface area contributed by atoms with E-state index in [0.29, 0.717) is 22.8 Å². The Morgan fingerprint density at radius 2 is 1.89 bits per heavy atom. The zero-order valence-corrected chi connectivity index (χ0v) is 10.4. The lowest BCUT2D eigenvalue weighted by atomic mass is 10.1. The van der Waals surface area contributed by atoms with Gasteiger partial charge in [0.15, 0.2) is 0 Å². The van der Waals surface area contributed by atoms with Crippen LogP contribution in [0.1, 0.15) is 5.56 Å². The summed E-state index contributed by atoms with van der Waals surface area (Å²) in [5.74, 6) is -0.0806. The number of nitrogens with two attached hydrogens (primary N) is 1. The molecule has 0 saturated heterocycles. The minimum Gasteiger partial charge on any atom is -0.399 e. The maximum atomic E-state index is 11.8. The lowest BCUT2D eigenvalue weighted by Gasteiger charge is -2.06. The van der Waals surface area contributed by atoms with Crippen molar-refractivity contribution in [3.05, 3.63) is 59.1 Å². The van der Waals surface area contributed by atoms with Gasteiger partial charge in [0.2, 0.25) is 5.91 Å². The average Bonchev–Trinajstić information content (AvgIpc) is 2.32. The molecule has 0 heterocycles. The predicted octanol–water partition coefficient (Wildman–Crippen LogP) is 3.10. The SMILES string of the molecule is Nc1cccc(NC(=O)Cc2ccc(Cl)cc2)c1. The number of halogens is 1. The second kappa shape index (κ2) is 5.56. The van der Waals surface area contributed by atoms with E-state index in [9.17, 15) is 4.79 Å². The van der Waals surface area contributed by atoms with Gasteiger partial charge in [-0.3, -0.25) is 4.79 Å². The van der Waals surface area contributed by atoms with Crippen molar-refractivity contribution >= 4 is 28.9 Å². The lowest BCUT2D eigenvalue weighted by Crippen LogP contribution is -2.14. The molecule has 2 aromatic carbocycles. The van der Waals surface area contributed by atoms with Crippen LogP contribution in [-0.4, -0.2) is 5.91 Å². The van der Waals surface area contributed by atoms with Gasteiger partial charge in [0.25, 0.3) is 0 Å². The van der Waals surface area contributed by atoms with E-state index in [4.69, 9.17) is 17.3 Å². The lowest BCUT2D eigenvalue weighted by molar-refractivity contribution is -0.115. The summed E-state index contributed by atoms with van der Waals surface area (Å²) in [6.07, 6.45) is 0.311. The molecule has 0 radical (unpaired) electrons. The van der Waals surface area contributed by atoms with Crippen LogP contribution in [0, 0.1) is 0 Å². The van der Waals surface area contributed by atoms with Crippen molar-refractivity contribution in [3.63, 3.8) is 0 Å². The first kappa shape index (κ1) is 12.5. The van der Waals surface area contributed by atoms with Crippen molar-refractivity contribution in [2.24, 2.45) is 0 Å². The molecule has 92 valence electrons. The van der Waals surface area contributed by atoms with Gasteiger partial charge in [-0.15, -0.1) is 0 Å². The third kappa shape index (κ3) is 3.50. The fourth-order valence-electron chi connectivity index (χ4n) is 1.61. The molecule has 3 N–H and O–H groups in total. The molecule has 2 rings (SSSR count). The van der Waals surface area contributed by atoms with Crippen LogP contribution in [-0.2, 0) is 11.2 Å². The molecule has 2 aromatic rings. The molecule has 0 spiro atoms. The van der Waals surface area contributed by atoms with Crippen LogP contribution in [0.15, 0.2) is 48.5 Å². The van der Waals surface area contributed by atoms with Crippen molar-refractivity contribution in [3.8, 4) is 0 Å². The molecule has 1 amide bonds. The molecule has 0 unspecified atom stereocenters. The maximum absolute atomic E-state index is 11.8. The van der Waals surface area contributed by atoms with E-state index in [-0.39, 0.29) is 5.91 Å². The molecule has 0 atom stereocenters. The van der Waals surface area contributed by atoms with Gasteiger partial charge in [0, 0.05) is 16.4 Å². The van der Waals surface area contributed by atoms with Gasteiger partial charge >= 0.3 is 0 Å². The summed E-state index contributed by atoms with van der Waals surface area (Å²) in [5.41, 5.74) is 7.88. The topological polar surface area (TPSA) is 55.1 Å². The fraction of sp³-hybridized carbons (Fsp3) is 0.0714. The van der Waals surface area contributed by atoms with Gasteiger partial charge in [-0.25, -0.2) is 0 Å². The van der Waals surface area contributed by atoms with Gasteiger partial charge < -0.3 is 11.1 Å². The first-order chi connectivity index (χ1) is 8.63. The summed E-state index contributed by atoms with van der Waals surface area (Å²) in [6.45, 7) is 0. The van der Waals surface area contributed by atoms with Crippen LogP contribution >= 0.6 is 11.6 Å². The molecular weight excluding hydrogens is 248 g/mol. The minimum absolute atomic E-state index is 0.0806. The largest absolute Gasteiger partial charge is 0.399 e. The third-order valence-corrected chi connectivity index (χ3v) is 2.70. The van der Waals surface area contributed by atoms with Crippen LogP contribution in [0.2, 0.25) is 5.02 Å². The number of nitrogens with one attached hydrogen (secondary N) is 1. The molecule has 0 fully saturated rings. The Morgan fingerprint density at radius 3 is 2.56 bits per heavy atom.